The van der Waals surface area contributed by atoms with Gasteiger partial charge in [0.25, 0.3) is 0 Å². The van der Waals surface area contributed by atoms with Crippen molar-refractivity contribution >= 4 is 17.5 Å². The van der Waals surface area contributed by atoms with Gasteiger partial charge in [-0.2, -0.15) is 0 Å². The van der Waals surface area contributed by atoms with Crippen molar-refractivity contribution in [1.29, 1.82) is 0 Å². The zero-order valence-corrected chi connectivity index (χ0v) is 14.0. The van der Waals surface area contributed by atoms with Gasteiger partial charge in [-0.15, -0.1) is 0 Å². The number of hydrogen-bond acceptors (Lipinski definition) is 3. The molecule has 0 saturated carbocycles. The molecule has 4 nitrogen and oxygen atoms in total. The summed E-state index contributed by atoms with van der Waals surface area (Å²) in [5.74, 6) is 0.391. The van der Waals surface area contributed by atoms with E-state index >= 15 is 0 Å². The van der Waals surface area contributed by atoms with E-state index in [-0.39, 0.29) is 17.7 Å². The Hall–Kier alpha value is -2.62. The number of rotatable bonds is 4. The average molecular weight is 323 g/mol. The topological polar surface area (TPSA) is 46.6 Å². The molecule has 1 heterocycles. The second-order valence-electron chi connectivity index (χ2n) is 6.07. The summed E-state index contributed by atoms with van der Waals surface area (Å²) >= 11 is 0. The number of piperidine rings is 1. The SMILES string of the molecule is CCOc1ccc(N2C(=O)CC(c3ccc(C)cc3)CC2=O)cc1. The van der Waals surface area contributed by atoms with Gasteiger partial charge in [0, 0.05) is 18.8 Å². The first-order chi connectivity index (χ1) is 11.6. The zero-order valence-electron chi connectivity index (χ0n) is 14.0. The molecule has 3 rings (SSSR count). The van der Waals surface area contributed by atoms with Gasteiger partial charge in [0.1, 0.15) is 5.75 Å². The molecule has 2 aromatic carbocycles. The average Bonchev–Trinajstić information content (AvgIpc) is 2.56. The van der Waals surface area contributed by atoms with E-state index in [0.717, 1.165) is 11.3 Å². The summed E-state index contributed by atoms with van der Waals surface area (Å²) in [6.45, 7) is 4.52. The monoisotopic (exact) mass is 323 g/mol. The van der Waals surface area contributed by atoms with Gasteiger partial charge in [-0.3, -0.25) is 14.5 Å². The molecule has 0 spiro atoms. The summed E-state index contributed by atoms with van der Waals surface area (Å²) in [7, 11) is 0. The summed E-state index contributed by atoms with van der Waals surface area (Å²) < 4.78 is 5.40. The van der Waals surface area contributed by atoms with Crippen LogP contribution in [0.4, 0.5) is 5.69 Å². The number of anilines is 1. The van der Waals surface area contributed by atoms with Crippen molar-refractivity contribution in [3.63, 3.8) is 0 Å². The molecule has 0 unspecified atom stereocenters. The lowest BCUT2D eigenvalue weighted by Gasteiger charge is -2.30. The number of aryl methyl sites for hydroxylation is 1. The van der Waals surface area contributed by atoms with E-state index in [1.54, 1.807) is 24.3 Å². The van der Waals surface area contributed by atoms with Crippen molar-refractivity contribution < 1.29 is 14.3 Å². The fraction of sp³-hybridized carbons (Fsp3) is 0.300. The van der Waals surface area contributed by atoms with Crippen LogP contribution in [0, 0.1) is 6.92 Å². The molecule has 24 heavy (non-hydrogen) atoms. The molecule has 0 aromatic heterocycles. The number of imide groups is 1. The van der Waals surface area contributed by atoms with Gasteiger partial charge in [0.2, 0.25) is 11.8 Å². The fourth-order valence-corrected chi connectivity index (χ4v) is 3.04. The highest BCUT2D eigenvalue weighted by Gasteiger charge is 2.34. The minimum atomic E-state index is -0.152. The Labute approximate surface area is 142 Å². The third-order valence-electron chi connectivity index (χ3n) is 4.30. The van der Waals surface area contributed by atoms with Crippen LogP contribution in [0.5, 0.6) is 5.75 Å². The third kappa shape index (κ3) is 3.32. The highest BCUT2D eigenvalue weighted by Crippen LogP contribution is 2.32. The van der Waals surface area contributed by atoms with E-state index in [1.165, 1.54) is 10.5 Å². The molecule has 4 heteroatoms. The highest BCUT2D eigenvalue weighted by atomic mass is 16.5. The maximum absolute atomic E-state index is 12.5. The molecular formula is C20H21NO3. The maximum atomic E-state index is 12.5. The van der Waals surface area contributed by atoms with Gasteiger partial charge in [0.15, 0.2) is 0 Å². The van der Waals surface area contributed by atoms with Gasteiger partial charge in [-0.05, 0) is 43.7 Å². The molecule has 1 fully saturated rings. The van der Waals surface area contributed by atoms with Crippen LogP contribution < -0.4 is 9.64 Å². The molecule has 1 aliphatic rings. The molecule has 0 radical (unpaired) electrons. The van der Waals surface area contributed by atoms with Crippen molar-refractivity contribution in [1.82, 2.24) is 0 Å². The van der Waals surface area contributed by atoms with Crippen LogP contribution in [-0.2, 0) is 9.59 Å². The Kier molecular flexibility index (Phi) is 4.65. The fourth-order valence-electron chi connectivity index (χ4n) is 3.04. The van der Waals surface area contributed by atoms with Gasteiger partial charge in [-0.25, -0.2) is 0 Å². The first kappa shape index (κ1) is 16.2. The second kappa shape index (κ2) is 6.87. The standard InChI is InChI=1S/C20H21NO3/c1-3-24-18-10-8-17(9-11-18)21-19(22)12-16(13-20(21)23)15-6-4-14(2)5-7-15/h4-11,16H,3,12-13H2,1-2H3. The third-order valence-corrected chi connectivity index (χ3v) is 4.30. The van der Waals surface area contributed by atoms with Crippen LogP contribution in [-0.4, -0.2) is 18.4 Å². The van der Waals surface area contributed by atoms with Crippen molar-refractivity contribution in [2.24, 2.45) is 0 Å². The van der Waals surface area contributed by atoms with Crippen LogP contribution in [0.25, 0.3) is 0 Å². The largest absolute Gasteiger partial charge is 0.494 e. The summed E-state index contributed by atoms with van der Waals surface area (Å²) in [5.41, 5.74) is 2.83. The Balaban J connectivity index is 1.77. The van der Waals surface area contributed by atoms with Crippen molar-refractivity contribution in [2.45, 2.75) is 32.6 Å². The molecule has 2 amide bonds. The summed E-state index contributed by atoms with van der Waals surface area (Å²) in [6, 6.07) is 15.1. The minimum absolute atomic E-state index is 0.0375. The number of ether oxygens (including phenoxy) is 1. The van der Waals surface area contributed by atoms with Crippen LogP contribution in [0.1, 0.15) is 36.8 Å². The van der Waals surface area contributed by atoms with E-state index in [2.05, 4.69) is 0 Å². The zero-order chi connectivity index (χ0) is 17.1. The van der Waals surface area contributed by atoms with Gasteiger partial charge >= 0.3 is 0 Å². The van der Waals surface area contributed by atoms with Crippen LogP contribution in [0.2, 0.25) is 0 Å². The lowest BCUT2D eigenvalue weighted by molar-refractivity contribution is -0.129. The molecule has 0 N–H and O–H groups in total. The molecule has 124 valence electrons. The van der Waals surface area contributed by atoms with E-state index in [9.17, 15) is 9.59 Å². The Morgan fingerprint density at radius 1 is 0.958 bits per heavy atom. The molecule has 0 bridgehead atoms. The number of amides is 2. The van der Waals surface area contributed by atoms with Crippen LogP contribution >= 0.6 is 0 Å². The number of hydrogen-bond donors (Lipinski definition) is 0. The molecular weight excluding hydrogens is 302 g/mol. The van der Waals surface area contributed by atoms with E-state index < -0.39 is 0 Å². The predicted octanol–water partition coefficient (Wildman–Crippen LogP) is 3.83. The van der Waals surface area contributed by atoms with Gasteiger partial charge in [0.05, 0.1) is 12.3 Å². The Bertz CT molecular complexity index is 716. The predicted molar refractivity (Wildman–Crippen MR) is 93.3 cm³/mol. The molecule has 0 atom stereocenters. The van der Waals surface area contributed by atoms with E-state index in [0.29, 0.717) is 25.1 Å². The number of carbonyl (C=O) groups is 2. The molecule has 2 aromatic rings. The second-order valence-corrected chi connectivity index (χ2v) is 6.07. The molecule has 1 saturated heterocycles. The first-order valence-corrected chi connectivity index (χ1v) is 8.23. The van der Waals surface area contributed by atoms with Crippen LogP contribution in [0.3, 0.4) is 0 Å². The first-order valence-electron chi connectivity index (χ1n) is 8.23. The number of nitrogens with zero attached hydrogens (tertiary/aromatic N) is 1. The normalized spacial score (nSPS) is 15.7. The van der Waals surface area contributed by atoms with Gasteiger partial charge in [-0.1, -0.05) is 29.8 Å². The summed E-state index contributed by atoms with van der Waals surface area (Å²) in [6.07, 6.45) is 0.698. The smallest absolute Gasteiger partial charge is 0.234 e. The maximum Gasteiger partial charge on any atom is 0.234 e. The molecule has 0 aliphatic carbocycles. The van der Waals surface area contributed by atoms with E-state index in [1.807, 2.05) is 38.1 Å². The lowest BCUT2D eigenvalue weighted by atomic mass is 9.88. The lowest BCUT2D eigenvalue weighted by Crippen LogP contribution is -2.42. The quantitative estimate of drug-likeness (QED) is 0.803. The Morgan fingerprint density at radius 2 is 1.54 bits per heavy atom. The summed E-state index contributed by atoms with van der Waals surface area (Å²) in [4.78, 5) is 26.4. The number of benzene rings is 2. The van der Waals surface area contributed by atoms with Crippen molar-refractivity contribution in [3.05, 3.63) is 59.7 Å². The minimum Gasteiger partial charge on any atom is -0.494 e. The van der Waals surface area contributed by atoms with E-state index in [4.69, 9.17) is 4.74 Å². The van der Waals surface area contributed by atoms with Crippen LogP contribution in [0.15, 0.2) is 48.5 Å². The summed E-state index contributed by atoms with van der Waals surface area (Å²) in [5, 5.41) is 0. The van der Waals surface area contributed by atoms with Crippen molar-refractivity contribution in [2.75, 3.05) is 11.5 Å². The number of carbonyl (C=O) groups excluding carboxylic acids is 2. The van der Waals surface area contributed by atoms with Gasteiger partial charge < -0.3 is 4.74 Å². The molecule has 1 aliphatic heterocycles. The van der Waals surface area contributed by atoms with Crippen molar-refractivity contribution in [3.8, 4) is 5.75 Å². The highest BCUT2D eigenvalue weighted by molar-refractivity contribution is 6.17. The Morgan fingerprint density at radius 3 is 2.08 bits per heavy atom.